The lowest BCUT2D eigenvalue weighted by molar-refractivity contribution is -0.140. The van der Waals surface area contributed by atoms with Crippen molar-refractivity contribution in [1.82, 2.24) is 10.2 Å². The lowest BCUT2D eigenvalue weighted by Gasteiger charge is -2.14. The van der Waals surface area contributed by atoms with Crippen LogP contribution < -0.4 is 10.1 Å². The van der Waals surface area contributed by atoms with Gasteiger partial charge in [0.15, 0.2) is 0 Å². The number of benzene rings is 1. The first-order valence-corrected chi connectivity index (χ1v) is 9.00. The van der Waals surface area contributed by atoms with Gasteiger partial charge in [0.2, 0.25) is 17.7 Å². The van der Waals surface area contributed by atoms with Crippen LogP contribution in [0.15, 0.2) is 36.4 Å². The highest BCUT2D eigenvalue weighted by atomic mass is 16.5. The molecule has 1 aliphatic carbocycles. The highest BCUT2D eigenvalue weighted by Crippen LogP contribution is 2.35. The summed E-state index contributed by atoms with van der Waals surface area (Å²) in [6.07, 6.45) is 5.99. The molecule has 0 aromatic heterocycles. The summed E-state index contributed by atoms with van der Waals surface area (Å²) in [5.41, 5.74) is 0.907. The van der Waals surface area contributed by atoms with E-state index in [4.69, 9.17) is 4.74 Å². The van der Waals surface area contributed by atoms with E-state index < -0.39 is 0 Å². The van der Waals surface area contributed by atoms with Crippen LogP contribution in [-0.4, -0.2) is 36.3 Å². The van der Waals surface area contributed by atoms with Gasteiger partial charge in [-0.25, -0.2) is 0 Å². The van der Waals surface area contributed by atoms with Crippen molar-refractivity contribution in [2.45, 2.75) is 32.2 Å². The quantitative estimate of drug-likeness (QED) is 0.599. The summed E-state index contributed by atoms with van der Waals surface area (Å²) in [6.45, 7) is 0.701. The van der Waals surface area contributed by atoms with Gasteiger partial charge in [-0.15, -0.1) is 0 Å². The van der Waals surface area contributed by atoms with Crippen LogP contribution in [0, 0.1) is 11.8 Å². The van der Waals surface area contributed by atoms with E-state index in [9.17, 15) is 14.4 Å². The topological polar surface area (TPSA) is 75.7 Å². The van der Waals surface area contributed by atoms with Crippen molar-refractivity contribution in [1.29, 1.82) is 0 Å². The fraction of sp³-hybridized carbons (Fsp3) is 0.450. The molecule has 0 bridgehead atoms. The van der Waals surface area contributed by atoms with E-state index in [1.165, 1.54) is 4.90 Å². The summed E-state index contributed by atoms with van der Waals surface area (Å²) in [4.78, 5) is 38.1. The minimum Gasteiger partial charge on any atom is -0.496 e. The molecule has 0 saturated carbocycles. The van der Waals surface area contributed by atoms with Crippen LogP contribution in [0.2, 0.25) is 0 Å². The number of amides is 3. The summed E-state index contributed by atoms with van der Waals surface area (Å²) >= 11 is 0. The van der Waals surface area contributed by atoms with Gasteiger partial charge in [-0.1, -0.05) is 30.4 Å². The third kappa shape index (κ3) is 3.79. The highest BCUT2D eigenvalue weighted by molar-refractivity contribution is 6.05. The average molecular weight is 356 g/mol. The molecule has 0 radical (unpaired) electrons. The van der Waals surface area contributed by atoms with E-state index in [0.717, 1.165) is 11.3 Å². The van der Waals surface area contributed by atoms with Gasteiger partial charge >= 0.3 is 0 Å². The van der Waals surface area contributed by atoms with E-state index in [2.05, 4.69) is 5.32 Å². The molecule has 1 aromatic rings. The Bertz CT molecular complexity index is 702. The predicted octanol–water partition coefficient (Wildman–Crippen LogP) is 2.04. The third-order valence-electron chi connectivity index (χ3n) is 5.05. The Morgan fingerprint density at radius 2 is 1.81 bits per heavy atom. The van der Waals surface area contributed by atoms with Crippen molar-refractivity contribution in [2.24, 2.45) is 11.8 Å². The summed E-state index contributed by atoms with van der Waals surface area (Å²) in [5, 5.41) is 2.85. The second-order valence-electron chi connectivity index (χ2n) is 6.68. The van der Waals surface area contributed by atoms with Gasteiger partial charge in [0.1, 0.15) is 5.75 Å². The number of nitrogens with zero attached hydrogens (tertiary/aromatic N) is 1. The lowest BCUT2D eigenvalue weighted by Crippen LogP contribution is -2.33. The first kappa shape index (κ1) is 18.2. The Balaban J connectivity index is 1.44. The molecule has 138 valence electrons. The molecule has 6 nitrogen and oxygen atoms in total. The molecule has 0 unspecified atom stereocenters. The Morgan fingerprint density at radius 3 is 2.46 bits per heavy atom. The summed E-state index contributed by atoms with van der Waals surface area (Å²) in [5.74, 6) is 0.0580. The maximum atomic E-state index is 12.4. The molecule has 0 spiro atoms. The maximum absolute atomic E-state index is 12.4. The normalized spacial score (nSPS) is 21.7. The Morgan fingerprint density at radius 1 is 1.15 bits per heavy atom. The molecule has 1 heterocycles. The van der Waals surface area contributed by atoms with E-state index in [0.29, 0.717) is 32.4 Å². The molecule has 2 atom stereocenters. The number of rotatable bonds is 7. The second-order valence-corrected chi connectivity index (χ2v) is 6.68. The molecule has 2 aliphatic rings. The number of allylic oxidation sites excluding steroid dienone is 2. The van der Waals surface area contributed by atoms with Crippen molar-refractivity contribution in [3.8, 4) is 5.75 Å². The number of nitrogens with one attached hydrogen (secondary N) is 1. The molecule has 1 aromatic carbocycles. The average Bonchev–Trinajstić information content (AvgIpc) is 2.91. The lowest BCUT2D eigenvalue weighted by atomic mass is 9.85. The van der Waals surface area contributed by atoms with Gasteiger partial charge < -0.3 is 10.1 Å². The first-order valence-electron chi connectivity index (χ1n) is 9.00. The second kappa shape index (κ2) is 8.17. The van der Waals surface area contributed by atoms with Gasteiger partial charge in [-0.2, -0.15) is 0 Å². The van der Waals surface area contributed by atoms with Crippen LogP contribution in [0.1, 0.15) is 31.2 Å². The fourth-order valence-electron chi connectivity index (χ4n) is 3.62. The minimum absolute atomic E-state index is 0.0845. The highest BCUT2D eigenvalue weighted by Gasteiger charge is 2.46. The summed E-state index contributed by atoms with van der Waals surface area (Å²) in [7, 11) is 1.60. The van der Waals surface area contributed by atoms with Crippen molar-refractivity contribution >= 4 is 17.7 Å². The van der Waals surface area contributed by atoms with Crippen LogP contribution in [0.3, 0.4) is 0 Å². The Labute approximate surface area is 153 Å². The third-order valence-corrected chi connectivity index (χ3v) is 5.05. The molecule has 1 aliphatic heterocycles. The van der Waals surface area contributed by atoms with Gasteiger partial charge in [-0.05, 0) is 25.3 Å². The van der Waals surface area contributed by atoms with Gasteiger partial charge in [0, 0.05) is 25.1 Å². The van der Waals surface area contributed by atoms with Gasteiger partial charge in [0.05, 0.1) is 18.9 Å². The summed E-state index contributed by atoms with van der Waals surface area (Å²) in [6, 6.07) is 7.51. The van der Waals surface area contributed by atoms with Crippen LogP contribution in [0.25, 0.3) is 0 Å². The molecule has 1 saturated heterocycles. The number of likely N-dealkylation sites (tertiary alicyclic amines) is 1. The van der Waals surface area contributed by atoms with E-state index in [1.807, 2.05) is 36.4 Å². The van der Waals surface area contributed by atoms with Crippen LogP contribution in [0.5, 0.6) is 5.75 Å². The maximum Gasteiger partial charge on any atom is 0.233 e. The van der Waals surface area contributed by atoms with Gasteiger partial charge in [-0.3, -0.25) is 19.3 Å². The van der Waals surface area contributed by atoms with Crippen LogP contribution >= 0.6 is 0 Å². The monoisotopic (exact) mass is 356 g/mol. The fourth-order valence-corrected chi connectivity index (χ4v) is 3.62. The summed E-state index contributed by atoms with van der Waals surface area (Å²) < 4.78 is 5.26. The number of methoxy groups -OCH3 is 1. The van der Waals surface area contributed by atoms with Crippen molar-refractivity contribution in [2.75, 3.05) is 13.7 Å². The van der Waals surface area contributed by atoms with Gasteiger partial charge in [0.25, 0.3) is 0 Å². The van der Waals surface area contributed by atoms with Crippen molar-refractivity contribution < 1.29 is 19.1 Å². The minimum atomic E-state index is -0.202. The molecule has 3 rings (SSSR count). The van der Waals surface area contributed by atoms with E-state index in [1.54, 1.807) is 7.11 Å². The van der Waals surface area contributed by atoms with Crippen molar-refractivity contribution in [3.63, 3.8) is 0 Å². The zero-order valence-electron chi connectivity index (χ0n) is 14.9. The molecule has 1 N–H and O–H groups in total. The molecule has 26 heavy (non-hydrogen) atoms. The molecule has 6 heteroatoms. The number of carbonyl (C=O) groups excluding carboxylic acids is 3. The predicted molar refractivity (Wildman–Crippen MR) is 96.1 cm³/mol. The number of fused-ring (bicyclic) bond motifs is 1. The molecular formula is C20H24N2O4. The zero-order valence-corrected chi connectivity index (χ0v) is 14.9. The number of carbonyl (C=O) groups is 3. The number of hydrogen-bond donors (Lipinski definition) is 1. The first-order chi connectivity index (χ1) is 12.6. The largest absolute Gasteiger partial charge is 0.496 e. The smallest absolute Gasteiger partial charge is 0.233 e. The Kier molecular flexibility index (Phi) is 5.71. The van der Waals surface area contributed by atoms with Crippen molar-refractivity contribution in [3.05, 3.63) is 42.0 Å². The number of ether oxygens (including phenoxy) is 1. The van der Waals surface area contributed by atoms with Crippen LogP contribution in [0.4, 0.5) is 0 Å². The molecular weight excluding hydrogens is 332 g/mol. The van der Waals surface area contributed by atoms with Crippen LogP contribution in [-0.2, 0) is 20.9 Å². The molecule has 3 amide bonds. The number of para-hydroxylation sites is 1. The standard InChI is InChI=1S/C20H24N2O4/c1-26-17-10-5-2-7-14(17)13-21-18(23)11-6-12-22-19(24)15-8-3-4-9-16(15)20(22)25/h2-5,7,10,15-16H,6,8-9,11-13H2,1H3,(H,21,23)/t15-,16-/m0/s1. The molecule has 1 fully saturated rings. The number of imide groups is 1. The van der Waals surface area contributed by atoms with E-state index >= 15 is 0 Å². The Hall–Kier alpha value is -2.63. The zero-order chi connectivity index (χ0) is 18.5. The SMILES string of the molecule is COc1ccccc1CNC(=O)CCCN1C(=O)[C@H]2CC=CC[C@@H]2C1=O. The van der Waals surface area contributed by atoms with E-state index in [-0.39, 0.29) is 36.0 Å². The number of hydrogen-bond acceptors (Lipinski definition) is 4.